The fourth-order valence-electron chi connectivity index (χ4n) is 3.15. The zero-order chi connectivity index (χ0) is 20.4. The number of ketones is 1. The van der Waals surface area contributed by atoms with Gasteiger partial charge in [0.05, 0.1) is 11.3 Å². The Hall–Kier alpha value is -3.56. The summed E-state index contributed by atoms with van der Waals surface area (Å²) in [5.41, 5.74) is 1.28. The van der Waals surface area contributed by atoms with Crippen LogP contribution in [0, 0.1) is 11.3 Å². The largest absolute Gasteiger partial charge is 0.454 e. The monoisotopic (exact) mass is 400 g/mol. The van der Waals surface area contributed by atoms with Gasteiger partial charge in [-0.2, -0.15) is 5.26 Å². The summed E-state index contributed by atoms with van der Waals surface area (Å²) in [6.45, 7) is -0.483. The van der Waals surface area contributed by atoms with Crippen LogP contribution in [0.3, 0.4) is 0 Å². The standard InChI is InChI=1S/C23H16N2O3S/c1-25-19-8-4-5-9-21(19)29-22(25)18(13-24)20(26)14-28-23(27)17-11-10-15-6-2-3-7-16(15)12-17/h2-12H,14H2,1H3/b22-18-. The van der Waals surface area contributed by atoms with E-state index >= 15 is 0 Å². The third kappa shape index (κ3) is 3.60. The highest BCUT2D eigenvalue weighted by Gasteiger charge is 2.28. The molecule has 0 aliphatic carbocycles. The normalized spacial score (nSPS) is 14.3. The predicted octanol–water partition coefficient (Wildman–Crippen LogP) is 4.54. The molecule has 1 aliphatic heterocycles. The van der Waals surface area contributed by atoms with Crippen molar-refractivity contribution >= 4 is 40.0 Å². The van der Waals surface area contributed by atoms with Crippen molar-refractivity contribution in [3.8, 4) is 6.07 Å². The molecule has 0 amide bonds. The minimum Gasteiger partial charge on any atom is -0.454 e. The average molecular weight is 400 g/mol. The fourth-order valence-corrected chi connectivity index (χ4v) is 4.31. The first-order chi connectivity index (χ1) is 14.1. The van der Waals surface area contributed by atoms with Crippen molar-refractivity contribution in [2.45, 2.75) is 4.90 Å². The van der Waals surface area contributed by atoms with E-state index in [1.807, 2.05) is 65.6 Å². The molecule has 0 radical (unpaired) electrons. The van der Waals surface area contributed by atoms with E-state index in [-0.39, 0.29) is 5.57 Å². The molecule has 0 fully saturated rings. The molecule has 0 saturated heterocycles. The number of ether oxygens (including phenoxy) is 1. The zero-order valence-corrected chi connectivity index (χ0v) is 16.4. The van der Waals surface area contributed by atoms with Gasteiger partial charge in [0.15, 0.2) is 6.61 Å². The van der Waals surface area contributed by atoms with Gasteiger partial charge in [-0.25, -0.2) is 4.79 Å². The lowest BCUT2D eigenvalue weighted by Crippen LogP contribution is -2.20. The maximum Gasteiger partial charge on any atom is 0.338 e. The van der Waals surface area contributed by atoms with Crippen LogP contribution in [0.4, 0.5) is 5.69 Å². The minimum absolute atomic E-state index is 0.0139. The van der Waals surface area contributed by atoms with E-state index in [1.54, 1.807) is 19.2 Å². The van der Waals surface area contributed by atoms with Gasteiger partial charge in [-0.05, 0) is 35.0 Å². The number of carbonyl (C=O) groups excluding carboxylic acids is 2. The maximum absolute atomic E-state index is 12.6. The van der Waals surface area contributed by atoms with Crippen LogP contribution in [0.25, 0.3) is 10.8 Å². The lowest BCUT2D eigenvalue weighted by Gasteiger charge is -2.14. The highest BCUT2D eigenvalue weighted by Crippen LogP contribution is 2.46. The molecule has 5 nitrogen and oxygen atoms in total. The summed E-state index contributed by atoms with van der Waals surface area (Å²) in [6, 6.07) is 22.5. The number of anilines is 1. The Morgan fingerprint density at radius 3 is 2.52 bits per heavy atom. The molecule has 0 saturated carbocycles. The number of nitrogens with zero attached hydrogens (tertiary/aromatic N) is 2. The number of hydrogen-bond donors (Lipinski definition) is 0. The van der Waals surface area contributed by atoms with Gasteiger partial charge >= 0.3 is 5.97 Å². The topological polar surface area (TPSA) is 70.4 Å². The molecule has 1 heterocycles. The van der Waals surface area contributed by atoms with Gasteiger partial charge < -0.3 is 9.64 Å². The van der Waals surface area contributed by atoms with E-state index in [0.717, 1.165) is 21.4 Å². The summed E-state index contributed by atoms with van der Waals surface area (Å²) < 4.78 is 5.19. The van der Waals surface area contributed by atoms with Gasteiger partial charge in [0.25, 0.3) is 0 Å². The Kier molecular flexibility index (Phi) is 5.07. The van der Waals surface area contributed by atoms with Gasteiger partial charge in [-0.3, -0.25) is 4.79 Å². The Morgan fingerprint density at radius 2 is 1.76 bits per heavy atom. The second kappa shape index (κ2) is 7.82. The summed E-state index contributed by atoms with van der Waals surface area (Å²) in [6.07, 6.45) is 0. The molecule has 3 aromatic rings. The Bertz CT molecular complexity index is 1210. The number of rotatable bonds is 4. The summed E-state index contributed by atoms with van der Waals surface area (Å²) in [7, 11) is 1.81. The number of benzene rings is 3. The van der Waals surface area contributed by atoms with Crippen LogP contribution in [0.5, 0.6) is 0 Å². The van der Waals surface area contributed by atoms with E-state index in [0.29, 0.717) is 10.6 Å². The van der Waals surface area contributed by atoms with E-state index in [1.165, 1.54) is 11.8 Å². The van der Waals surface area contributed by atoms with E-state index in [9.17, 15) is 14.9 Å². The molecular formula is C23H16N2O3S. The molecule has 142 valence electrons. The van der Waals surface area contributed by atoms with Gasteiger partial charge in [0, 0.05) is 11.9 Å². The van der Waals surface area contributed by atoms with Crippen LogP contribution < -0.4 is 4.90 Å². The van der Waals surface area contributed by atoms with Crippen LogP contribution in [0.15, 0.2) is 82.2 Å². The molecule has 6 heteroatoms. The van der Waals surface area contributed by atoms with Gasteiger partial charge in [-0.1, -0.05) is 54.2 Å². The average Bonchev–Trinajstić information content (AvgIpc) is 3.08. The van der Waals surface area contributed by atoms with Crippen molar-refractivity contribution in [2.24, 2.45) is 0 Å². The molecule has 0 unspecified atom stereocenters. The molecule has 1 aliphatic rings. The summed E-state index contributed by atoms with van der Waals surface area (Å²) in [4.78, 5) is 27.8. The van der Waals surface area contributed by atoms with Crippen molar-refractivity contribution in [3.63, 3.8) is 0 Å². The van der Waals surface area contributed by atoms with Crippen molar-refractivity contribution in [1.82, 2.24) is 0 Å². The first-order valence-corrected chi connectivity index (χ1v) is 9.74. The molecule has 0 atom stereocenters. The number of Topliss-reactive ketones (excluding diaryl/α,β-unsaturated/α-hetero) is 1. The number of esters is 1. The summed E-state index contributed by atoms with van der Waals surface area (Å²) in [5, 5.41) is 12.0. The number of para-hydroxylation sites is 1. The smallest absolute Gasteiger partial charge is 0.338 e. The van der Waals surface area contributed by atoms with Crippen molar-refractivity contribution in [1.29, 1.82) is 5.26 Å². The highest BCUT2D eigenvalue weighted by molar-refractivity contribution is 8.03. The van der Waals surface area contributed by atoms with Crippen molar-refractivity contribution in [3.05, 3.63) is 82.9 Å². The SMILES string of the molecule is CN1/C(=C(\C#N)C(=O)COC(=O)c2ccc3ccccc3c2)Sc2ccccc21. The second-order valence-corrected chi connectivity index (χ2v) is 7.51. The zero-order valence-electron chi connectivity index (χ0n) is 15.6. The number of hydrogen-bond acceptors (Lipinski definition) is 6. The van der Waals surface area contributed by atoms with Crippen LogP contribution in [0.2, 0.25) is 0 Å². The van der Waals surface area contributed by atoms with Crippen LogP contribution >= 0.6 is 11.8 Å². The summed E-state index contributed by atoms with van der Waals surface area (Å²) >= 11 is 1.36. The predicted molar refractivity (Wildman–Crippen MR) is 113 cm³/mol. The van der Waals surface area contributed by atoms with Gasteiger partial charge in [0.1, 0.15) is 16.7 Å². The van der Waals surface area contributed by atoms with Crippen molar-refractivity contribution in [2.75, 3.05) is 18.6 Å². The minimum atomic E-state index is -0.595. The third-order valence-corrected chi connectivity index (χ3v) is 5.90. The lowest BCUT2D eigenvalue weighted by molar-refractivity contribution is -0.118. The molecule has 29 heavy (non-hydrogen) atoms. The number of thioether (sulfide) groups is 1. The Morgan fingerprint density at radius 1 is 1.03 bits per heavy atom. The number of fused-ring (bicyclic) bond motifs is 2. The quantitative estimate of drug-likeness (QED) is 0.364. The van der Waals surface area contributed by atoms with Crippen LogP contribution in [-0.2, 0) is 9.53 Å². The fraction of sp³-hybridized carbons (Fsp3) is 0.0870. The van der Waals surface area contributed by atoms with E-state index in [4.69, 9.17) is 4.74 Å². The molecule has 0 aromatic heterocycles. The van der Waals surface area contributed by atoms with Crippen LogP contribution in [0.1, 0.15) is 10.4 Å². The Labute approximate surface area is 172 Å². The second-order valence-electron chi connectivity index (χ2n) is 6.48. The summed E-state index contributed by atoms with van der Waals surface area (Å²) in [5.74, 6) is -1.12. The molecule has 0 N–H and O–H groups in total. The van der Waals surface area contributed by atoms with Crippen molar-refractivity contribution < 1.29 is 14.3 Å². The maximum atomic E-state index is 12.6. The van der Waals surface area contributed by atoms with Gasteiger partial charge in [-0.15, -0.1) is 0 Å². The lowest BCUT2D eigenvalue weighted by atomic mass is 10.1. The van der Waals surface area contributed by atoms with E-state index in [2.05, 4.69) is 0 Å². The van der Waals surface area contributed by atoms with Crippen LogP contribution in [-0.4, -0.2) is 25.4 Å². The molecule has 4 rings (SSSR count). The molecular weight excluding hydrogens is 384 g/mol. The first-order valence-electron chi connectivity index (χ1n) is 8.92. The third-order valence-electron chi connectivity index (χ3n) is 4.66. The molecule has 0 bridgehead atoms. The van der Waals surface area contributed by atoms with Gasteiger partial charge in [0.2, 0.25) is 5.78 Å². The molecule has 0 spiro atoms. The Balaban J connectivity index is 1.50. The highest BCUT2D eigenvalue weighted by atomic mass is 32.2. The number of nitriles is 1. The number of carbonyl (C=O) groups is 2. The molecule has 3 aromatic carbocycles. The van der Waals surface area contributed by atoms with E-state index < -0.39 is 18.4 Å². The first kappa shape index (κ1) is 18.8.